The first-order valence-electron chi connectivity index (χ1n) is 10.4. The summed E-state index contributed by atoms with van der Waals surface area (Å²) in [5.41, 5.74) is 4.06. The van der Waals surface area contributed by atoms with Crippen molar-refractivity contribution >= 4 is 22.4 Å². The van der Waals surface area contributed by atoms with Crippen LogP contribution in [0.3, 0.4) is 0 Å². The van der Waals surface area contributed by atoms with Crippen LogP contribution in [0, 0.1) is 20.8 Å². The number of aryl methyl sites for hydroxylation is 3. The van der Waals surface area contributed by atoms with E-state index in [1.54, 1.807) is 6.20 Å². The lowest BCUT2D eigenvalue weighted by Gasteiger charge is -2.21. The minimum Gasteiger partial charge on any atom is -0.335 e. The van der Waals surface area contributed by atoms with Crippen LogP contribution in [0.25, 0.3) is 16.5 Å². The lowest BCUT2D eigenvalue weighted by atomic mass is 10.1. The second-order valence-electron chi connectivity index (χ2n) is 7.81. The van der Waals surface area contributed by atoms with Gasteiger partial charge < -0.3 is 9.88 Å². The van der Waals surface area contributed by atoms with Crippen molar-refractivity contribution in [1.29, 1.82) is 0 Å². The van der Waals surface area contributed by atoms with E-state index in [-0.39, 0.29) is 11.5 Å². The average Bonchev–Trinajstić information content (AvgIpc) is 3.02. The summed E-state index contributed by atoms with van der Waals surface area (Å²) in [6.07, 6.45) is 2.31. The van der Waals surface area contributed by atoms with Gasteiger partial charge in [0.1, 0.15) is 6.04 Å². The fourth-order valence-electron chi connectivity index (χ4n) is 4.15. The highest BCUT2D eigenvalue weighted by Crippen LogP contribution is 2.28. The summed E-state index contributed by atoms with van der Waals surface area (Å²) in [4.78, 5) is 26.5. The molecule has 0 aliphatic heterocycles. The maximum absolute atomic E-state index is 13.3. The Morgan fingerprint density at radius 1 is 1.00 bits per heavy atom. The number of fused-ring (bicyclic) bond motifs is 1. The molecule has 0 radical (unpaired) electrons. The van der Waals surface area contributed by atoms with Gasteiger partial charge in [0.05, 0.1) is 17.3 Å². The molecule has 0 bridgehead atoms. The van der Waals surface area contributed by atoms with E-state index < -0.39 is 6.04 Å². The van der Waals surface area contributed by atoms with Crippen LogP contribution in [-0.2, 0) is 4.79 Å². The Labute approximate surface area is 181 Å². The fraction of sp³-hybridized carbons (Fsp3) is 0.240. The van der Waals surface area contributed by atoms with E-state index in [0.29, 0.717) is 17.5 Å². The molecule has 0 unspecified atom stereocenters. The van der Waals surface area contributed by atoms with E-state index in [1.807, 2.05) is 86.9 Å². The number of amides is 1. The molecule has 6 heteroatoms. The minimum absolute atomic E-state index is 0.103. The molecular formula is C25H26N4O2. The number of nitrogens with one attached hydrogen (secondary N) is 1. The molecule has 31 heavy (non-hydrogen) atoms. The molecule has 4 aromatic rings. The molecule has 2 aromatic carbocycles. The lowest BCUT2D eigenvalue weighted by molar-refractivity contribution is -0.119. The predicted octanol–water partition coefficient (Wildman–Crippen LogP) is 4.70. The van der Waals surface area contributed by atoms with Crippen molar-refractivity contribution in [3.8, 4) is 5.69 Å². The Morgan fingerprint density at radius 2 is 1.68 bits per heavy atom. The molecule has 0 spiro atoms. The summed E-state index contributed by atoms with van der Waals surface area (Å²) >= 11 is 0. The number of anilines is 1. The molecule has 2 aromatic heterocycles. The zero-order chi connectivity index (χ0) is 22.1. The quantitative estimate of drug-likeness (QED) is 0.515. The monoisotopic (exact) mass is 414 g/mol. The molecule has 6 nitrogen and oxygen atoms in total. The molecule has 0 saturated heterocycles. The Hall–Kier alpha value is -3.67. The Morgan fingerprint density at radius 3 is 2.32 bits per heavy atom. The Bertz CT molecular complexity index is 1300. The maximum Gasteiger partial charge on any atom is 0.281 e. The van der Waals surface area contributed by atoms with Crippen molar-refractivity contribution in [2.75, 3.05) is 5.32 Å². The standard InChI is InChI=1S/C25H26N4O2/c1-5-22(24(30)27-19-13-11-16(2)12-14-19)28-17(3)21-15-26-29(20-9-7-6-8-10-20)25(31)23(21)18(28)4/h6-15,22H,5H2,1-4H3,(H,27,30)/t22-/m1/s1. The van der Waals surface area contributed by atoms with Crippen LogP contribution in [0.5, 0.6) is 0 Å². The number of para-hydroxylation sites is 1. The summed E-state index contributed by atoms with van der Waals surface area (Å²) in [5, 5.41) is 8.77. The SMILES string of the molecule is CC[C@H](C(=O)Nc1ccc(C)cc1)n1c(C)c2cnn(-c3ccccc3)c(=O)c2c1C. The van der Waals surface area contributed by atoms with E-state index in [9.17, 15) is 9.59 Å². The zero-order valence-electron chi connectivity index (χ0n) is 18.2. The van der Waals surface area contributed by atoms with Gasteiger partial charge in [0.25, 0.3) is 5.56 Å². The van der Waals surface area contributed by atoms with Crippen molar-refractivity contribution in [3.05, 3.63) is 88.1 Å². The summed E-state index contributed by atoms with van der Waals surface area (Å²) in [6.45, 7) is 7.82. The maximum atomic E-state index is 13.3. The minimum atomic E-state index is -0.432. The third-order valence-corrected chi connectivity index (χ3v) is 5.77. The van der Waals surface area contributed by atoms with Gasteiger partial charge in [-0.3, -0.25) is 9.59 Å². The first-order chi connectivity index (χ1) is 14.9. The van der Waals surface area contributed by atoms with Crippen LogP contribution >= 0.6 is 0 Å². The molecule has 2 heterocycles. The number of carbonyl (C=O) groups excluding carboxylic acids is 1. The van der Waals surface area contributed by atoms with Gasteiger partial charge in [-0.2, -0.15) is 9.78 Å². The number of hydrogen-bond acceptors (Lipinski definition) is 3. The molecule has 1 amide bonds. The van der Waals surface area contributed by atoms with E-state index in [4.69, 9.17) is 0 Å². The molecular weight excluding hydrogens is 388 g/mol. The number of nitrogens with zero attached hydrogens (tertiary/aromatic N) is 3. The fourth-order valence-corrected chi connectivity index (χ4v) is 4.15. The largest absolute Gasteiger partial charge is 0.335 e. The van der Waals surface area contributed by atoms with Gasteiger partial charge >= 0.3 is 0 Å². The summed E-state index contributed by atoms with van der Waals surface area (Å²) < 4.78 is 3.37. The smallest absolute Gasteiger partial charge is 0.281 e. The predicted molar refractivity (Wildman–Crippen MR) is 124 cm³/mol. The highest BCUT2D eigenvalue weighted by atomic mass is 16.2. The summed E-state index contributed by atoms with van der Waals surface area (Å²) in [5.74, 6) is -0.103. The Balaban J connectivity index is 1.79. The number of hydrogen-bond donors (Lipinski definition) is 1. The molecule has 0 saturated carbocycles. The number of benzene rings is 2. The zero-order valence-corrected chi connectivity index (χ0v) is 18.2. The van der Waals surface area contributed by atoms with Crippen molar-refractivity contribution < 1.29 is 4.79 Å². The van der Waals surface area contributed by atoms with E-state index in [1.165, 1.54) is 4.68 Å². The highest BCUT2D eigenvalue weighted by molar-refractivity contribution is 5.95. The van der Waals surface area contributed by atoms with Gasteiger partial charge in [-0.15, -0.1) is 0 Å². The van der Waals surface area contributed by atoms with Gasteiger partial charge in [-0.25, -0.2) is 0 Å². The Kier molecular flexibility index (Phi) is 5.46. The van der Waals surface area contributed by atoms with Crippen LogP contribution in [0.1, 0.15) is 36.3 Å². The second kappa shape index (κ2) is 8.22. The molecule has 1 atom stereocenters. The third-order valence-electron chi connectivity index (χ3n) is 5.77. The summed E-state index contributed by atoms with van der Waals surface area (Å²) in [6, 6.07) is 16.6. The number of aromatic nitrogens is 3. The van der Waals surface area contributed by atoms with Crippen molar-refractivity contribution in [2.45, 2.75) is 40.2 Å². The molecule has 1 N–H and O–H groups in total. The summed E-state index contributed by atoms with van der Waals surface area (Å²) in [7, 11) is 0. The van der Waals surface area contributed by atoms with Gasteiger partial charge in [0.2, 0.25) is 5.91 Å². The normalized spacial score (nSPS) is 12.1. The van der Waals surface area contributed by atoms with Gasteiger partial charge in [-0.05, 0) is 51.5 Å². The molecule has 4 rings (SSSR count). The van der Waals surface area contributed by atoms with Gasteiger partial charge in [-0.1, -0.05) is 42.8 Å². The van der Waals surface area contributed by atoms with Crippen LogP contribution < -0.4 is 10.9 Å². The first-order valence-corrected chi connectivity index (χ1v) is 10.4. The van der Waals surface area contributed by atoms with Crippen LogP contribution in [-0.4, -0.2) is 20.3 Å². The molecule has 0 fully saturated rings. The second-order valence-corrected chi connectivity index (χ2v) is 7.81. The molecule has 0 aliphatic rings. The molecule has 0 aliphatic carbocycles. The number of rotatable bonds is 5. The van der Waals surface area contributed by atoms with Crippen LogP contribution in [0.15, 0.2) is 65.6 Å². The topological polar surface area (TPSA) is 68.9 Å². The third kappa shape index (κ3) is 3.65. The van der Waals surface area contributed by atoms with Crippen LogP contribution in [0.4, 0.5) is 5.69 Å². The van der Waals surface area contributed by atoms with E-state index in [0.717, 1.165) is 28.0 Å². The van der Waals surface area contributed by atoms with Gasteiger partial charge in [0.15, 0.2) is 0 Å². The van der Waals surface area contributed by atoms with Crippen molar-refractivity contribution in [1.82, 2.24) is 14.3 Å². The number of carbonyl (C=O) groups is 1. The van der Waals surface area contributed by atoms with Crippen molar-refractivity contribution in [3.63, 3.8) is 0 Å². The first kappa shape index (κ1) is 20.6. The van der Waals surface area contributed by atoms with E-state index in [2.05, 4.69) is 10.4 Å². The van der Waals surface area contributed by atoms with Crippen molar-refractivity contribution in [2.24, 2.45) is 0 Å². The van der Waals surface area contributed by atoms with Crippen LogP contribution in [0.2, 0.25) is 0 Å². The lowest BCUT2D eigenvalue weighted by Crippen LogP contribution is -2.27. The van der Waals surface area contributed by atoms with Gasteiger partial charge in [0, 0.05) is 22.5 Å². The molecule has 158 valence electrons. The van der Waals surface area contributed by atoms with E-state index >= 15 is 0 Å². The highest BCUT2D eigenvalue weighted by Gasteiger charge is 2.25. The average molecular weight is 415 g/mol.